The molecule has 84 valence electrons. The average molecular weight is 232 g/mol. The van der Waals surface area contributed by atoms with Crippen LogP contribution < -0.4 is 5.73 Å². The van der Waals surface area contributed by atoms with Gasteiger partial charge >= 0.3 is 0 Å². The monoisotopic (exact) mass is 232 g/mol. The van der Waals surface area contributed by atoms with Crippen molar-refractivity contribution in [2.45, 2.75) is 18.9 Å². The Labute approximate surface area is 100 Å². The fourth-order valence-corrected chi connectivity index (χ4v) is 2.51. The number of hydrogen-bond donors (Lipinski definition) is 1. The molecular formula is C13H16N2S. The fraction of sp³-hybridized carbons (Fsp3) is 0.308. The zero-order chi connectivity index (χ0) is 11.5. The van der Waals surface area contributed by atoms with Crippen molar-refractivity contribution in [1.82, 2.24) is 4.98 Å². The molecular weight excluding hydrogens is 216 g/mol. The topological polar surface area (TPSA) is 38.9 Å². The molecule has 1 aromatic carbocycles. The van der Waals surface area contributed by atoms with Gasteiger partial charge in [0.05, 0.1) is 10.5 Å². The zero-order valence-electron chi connectivity index (χ0n) is 9.66. The molecule has 1 heterocycles. The summed E-state index contributed by atoms with van der Waals surface area (Å²) in [4.78, 5) is 4.68. The van der Waals surface area contributed by atoms with E-state index in [1.165, 1.54) is 16.5 Å². The summed E-state index contributed by atoms with van der Waals surface area (Å²) in [5, 5.41) is 2.32. The Balaban J connectivity index is 2.52. The molecule has 0 aliphatic carbocycles. The van der Waals surface area contributed by atoms with Gasteiger partial charge in [0.25, 0.3) is 0 Å². The van der Waals surface area contributed by atoms with Gasteiger partial charge in [-0.15, -0.1) is 11.8 Å². The van der Waals surface area contributed by atoms with E-state index in [9.17, 15) is 0 Å². The van der Waals surface area contributed by atoms with E-state index in [1.807, 2.05) is 0 Å². The highest BCUT2D eigenvalue weighted by molar-refractivity contribution is 7.99. The molecule has 0 saturated carbocycles. The number of nitrogens with two attached hydrogens (primary N) is 1. The van der Waals surface area contributed by atoms with Crippen molar-refractivity contribution in [3.05, 3.63) is 35.4 Å². The molecule has 0 amide bonds. The number of pyridine rings is 1. The van der Waals surface area contributed by atoms with Crippen LogP contribution >= 0.6 is 11.8 Å². The van der Waals surface area contributed by atoms with Gasteiger partial charge in [0.15, 0.2) is 0 Å². The molecule has 2 rings (SSSR count). The third-order valence-electron chi connectivity index (χ3n) is 2.59. The number of aryl methyl sites for hydroxylation is 2. The van der Waals surface area contributed by atoms with E-state index in [-0.39, 0.29) is 0 Å². The van der Waals surface area contributed by atoms with Gasteiger partial charge in [-0.2, -0.15) is 0 Å². The van der Waals surface area contributed by atoms with Crippen molar-refractivity contribution < 1.29 is 0 Å². The Kier molecular flexibility index (Phi) is 3.46. The highest BCUT2D eigenvalue weighted by atomic mass is 32.2. The van der Waals surface area contributed by atoms with E-state index < -0.39 is 0 Å². The molecule has 0 aliphatic heterocycles. The van der Waals surface area contributed by atoms with Gasteiger partial charge in [-0.25, -0.2) is 4.98 Å². The van der Waals surface area contributed by atoms with Crippen LogP contribution in [0.15, 0.2) is 29.3 Å². The van der Waals surface area contributed by atoms with Crippen LogP contribution in [0.3, 0.4) is 0 Å². The van der Waals surface area contributed by atoms with Crippen molar-refractivity contribution in [3.63, 3.8) is 0 Å². The SMILES string of the molecule is Cc1cc(SCCN)nc2c(C)cccc12. The lowest BCUT2D eigenvalue weighted by Gasteiger charge is -2.07. The largest absolute Gasteiger partial charge is 0.330 e. The summed E-state index contributed by atoms with van der Waals surface area (Å²) in [6.07, 6.45) is 0. The van der Waals surface area contributed by atoms with Gasteiger partial charge in [0, 0.05) is 17.7 Å². The highest BCUT2D eigenvalue weighted by Crippen LogP contribution is 2.25. The Morgan fingerprint density at radius 1 is 1.25 bits per heavy atom. The molecule has 0 spiro atoms. The minimum Gasteiger partial charge on any atom is -0.330 e. The van der Waals surface area contributed by atoms with Gasteiger partial charge < -0.3 is 5.73 Å². The Morgan fingerprint density at radius 3 is 2.81 bits per heavy atom. The third kappa shape index (κ3) is 2.20. The maximum atomic E-state index is 5.51. The molecule has 3 heteroatoms. The third-order valence-corrected chi connectivity index (χ3v) is 3.54. The Bertz CT molecular complexity index is 509. The number of hydrogen-bond acceptors (Lipinski definition) is 3. The number of fused-ring (bicyclic) bond motifs is 1. The molecule has 0 fully saturated rings. The molecule has 0 unspecified atom stereocenters. The van der Waals surface area contributed by atoms with Gasteiger partial charge in [-0.05, 0) is 31.0 Å². The molecule has 2 aromatic rings. The van der Waals surface area contributed by atoms with Crippen molar-refractivity contribution in [3.8, 4) is 0 Å². The van der Waals surface area contributed by atoms with Gasteiger partial charge in [-0.3, -0.25) is 0 Å². The maximum Gasteiger partial charge on any atom is 0.0970 e. The molecule has 1 aromatic heterocycles. The zero-order valence-corrected chi connectivity index (χ0v) is 10.5. The molecule has 0 aliphatic rings. The first kappa shape index (κ1) is 11.4. The van der Waals surface area contributed by atoms with Crippen LogP contribution in [0, 0.1) is 13.8 Å². The summed E-state index contributed by atoms with van der Waals surface area (Å²) in [6.45, 7) is 4.93. The van der Waals surface area contributed by atoms with Crippen LogP contribution in [-0.2, 0) is 0 Å². The molecule has 0 saturated heterocycles. The van der Waals surface area contributed by atoms with Gasteiger partial charge in [0.2, 0.25) is 0 Å². The lowest BCUT2D eigenvalue weighted by atomic mass is 10.1. The van der Waals surface area contributed by atoms with Gasteiger partial charge in [-0.1, -0.05) is 18.2 Å². The van der Waals surface area contributed by atoms with E-state index in [0.717, 1.165) is 16.3 Å². The second kappa shape index (κ2) is 4.85. The molecule has 2 nitrogen and oxygen atoms in total. The van der Waals surface area contributed by atoms with Crippen molar-refractivity contribution in [2.75, 3.05) is 12.3 Å². The van der Waals surface area contributed by atoms with E-state index in [4.69, 9.17) is 5.73 Å². The second-order valence-electron chi connectivity index (χ2n) is 3.89. The summed E-state index contributed by atoms with van der Waals surface area (Å²) in [5.74, 6) is 0.920. The molecule has 16 heavy (non-hydrogen) atoms. The molecule has 0 radical (unpaired) electrons. The second-order valence-corrected chi connectivity index (χ2v) is 5.00. The van der Waals surface area contributed by atoms with Crippen LogP contribution in [0.1, 0.15) is 11.1 Å². The molecule has 2 N–H and O–H groups in total. The van der Waals surface area contributed by atoms with Crippen LogP contribution in [0.4, 0.5) is 0 Å². The predicted octanol–water partition coefficient (Wildman–Crippen LogP) is 2.90. The number of aromatic nitrogens is 1. The average Bonchev–Trinajstić information content (AvgIpc) is 2.28. The highest BCUT2D eigenvalue weighted by Gasteiger charge is 2.04. The van der Waals surface area contributed by atoms with Crippen LogP contribution in [0.5, 0.6) is 0 Å². The fourth-order valence-electron chi connectivity index (χ4n) is 1.77. The minimum atomic E-state index is 0.692. The summed E-state index contributed by atoms with van der Waals surface area (Å²) in [6, 6.07) is 8.45. The first-order valence-electron chi connectivity index (χ1n) is 5.42. The maximum absolute atomic E-state index is 5.51. The predicted molar refractivity (Wildman–Crippen MR) is 71.0 cm³/mol. The summed E-state index contributed by atoms with van der Waals surface area (Å²) in [7, 11) is 0. The van der Waals surface area contributed by atoms with Gasteiger partial charge in [0.1, 0.15) is 0 Å². The lowest BCUT2D eigenvalue weighted by Crippen LogP contribution is -2.01. The number of benzene rings is 1. The standard InChI is InChI=1S/C13H16N2S/c1-9-4-3-5-11-10(2)8-12(15-13(9)11)16-7-6-14/h3-5,8H,6-7,14H2,1-2H3. The minimum absolute atomic E-state index is 0.692. The smallest absolute Gasteiger partial charge is 0.0970 e. The number of para-hydroxylation sites is 1. The van der Waals surface area contributed by atoms with E-state index in [2.05, 4.69) is 43.1 Å². The van der Waals surface area contributed by atoms with Crippen molar-refractivity contribution in [1.29, 1.82) is 0 Å². The van der Waals surface area contributed by atoms with Crippen molar-refractivity contribution in [2.24, 2.45) is 5.73 Å². The number of thioether (sulfide) groups is 1. The van der Waals surface area contributed by atoms with Crippen LogP contribution in [-0.4, -0.2) is 17.3 Å². The lowest BCUT2D eigenvalue weighted by molar-refractivity contribution is 1.12. The van der Waals surface area contributed by atoms with E-state index in [0.29, 0.717) is 6.54 Å². The van der Waals surface area contributed by atoms with E-state index in [1.54, 1.807) is 11.8 Å². The Morgan fingerprint density at radius 2 is 2.06 bits per heavy atom. The summed E-state index contributed by atoms with van der Waals surface area (Å²) < 4.78 is 0. The van der Waals surface area contributed by atoms with Crippen LogP contribution in [0.2, 0.25) is 0 Å². The number of rotatable bonds is 3. The normalized spacial score (nSPS) is 10.9. The Hall–Kier alpha value is -1.06. The van der Waals surface area contributed by atoms with Crippen molar-refractivity contribution >= 4 is 22.7 Å². The molecule has 0 bridgehead atoms. The van der Waals surface area contributed by atoms with Crippen LogP contribution in [0.25, 0.3) is 10.9 Å². The molecule has 0 atom stereocenters. The quantitative estimate of drug-likeness (QED) is 0.827. The first-order chi connectivity index (χ1) is 7.72. The van der Waals surface area contributed by atoms with E-state index >= 15 is 0 Å². The number of nitrogens with zero attached hydrogens (tertiary/aromatic N) is 1. The summed E-state index contributed by atoms with van der Waals surface area (Å²) in [5.41, 5.74) is 9.14. The summed E-state index contributed by atoms with van der Waals surface area (Å²) >= 11 is 1.72. The first-order valence-corrected chi connectivity index (χ1v) is 6.41.